The molecular formula is C20H29N3O6. The number of rotatable bonds is 9. The average Bonchev–Trinajstić information content (AvgIpc) is 2.65. The Bertz CT molecular complexity index is 732. The number of ether oxygens (including phenoxy) is 1. The van der Waals surface area contributed by atoms with E-state index in [9.17, 15) is 24.3 Å². The molecule has 4 N–H and O–H groups in total. The fraction of sp³-hybridized carbons (Fsp3) is 0.500. The lowest BCUT2D eigenvalue weighted by atomic mass is 10.0. The van der Waals surface area contributed by atoms with Gasteiger partial charge < -0.3 is 25.8 Å². The van der Waals surface area contributed by atoms with Gasteiger partial charge in [-0.2, -0.15) is 0 Å². The van der Waals surface area contributed by atoms with Gasteiger partial charge in [0, 0.05) is 13.3 Å². The number of carbonyl (C=O) groups is 4. The molecule has 0 saturated carbocycles. The highest BCUT2D eigenvalue weighted by Crippen LogP contribution is 2.12. The van der Waals surface area contributed by atoms with Crippen LogP contribution in [0.3, 0.4) is 0 Å². The normalized spacial score (nSPS) is 13.7. The van der Waals surface area contributed by atoms with Crippen molar-refractivity contribution in [2.24, 2.45) is 5.92 Å². The highest BCUT2D eigenvalue weighted by Gasteiger charge is 2.30. The largest absolute Gasteiger partial charge is 0.508 e. The van der Waals surface area contributed by atoms with Crippen molar-refractivity contribution in [1.82, 2.24) is 16.0 Å². The third-order valence-corrected chi connectivity index (χ3v) is 4.23. The number of phenols is 1. The van der Waals surface area contributed by atoms with Crippen LogP contribution in [-0.4, -0.2) is 54.0 Å². The van der Waals surface area contributed by atoms with Crippen LogP contribution in [-0.2, 0) is 30.3 Å². The maximum atomic E-state index is 12.8. The van der Waals surface area contributed by atoms with Crippen LogP contribution in [0.25, 0.3) is 0 Å². The molecule has 9 heteroatoms. The van der Waals surface area contributed by atoms with Crippen LogP contribution >= 0.6 is 0 Å². The lowest BCUT2D eigenvalue weighted by Gasteiger charge is -2.26. The Hall–Kier alpha value is -3.10. The van der Waals surface area contributed by atoms with Gasteiger partial charge in [-0.05, 0) is 30.5 Å². The van der Waals surface area contributed by atoms with E-state index in [1.807, 2.05) is 0 Å². The molecule has 0 aliphatic heterocycles. The summed E-state index contributed by atoms with van der Waals surface area (Å²) in [5.41, 5.74) is 0.724. The van der Waals surface area contributed by atoms with E-state index in [4.69, 9.17) is 0 Å². The molecule has 0 aliphatic carbocycles. The van der Waals surface area contributed by atoms with E-state index in [-0.39, 0.29) is 18.1 Å². The summed E-state index contributed by atoms with van der Waals surface area (Å²) in [6.07, 6.45) is 0.177. The minimum Gasteiger partial charge on any atom is -0.508 e. The Labute approximate surface area is 170 Å². The Balaban J connectivity index is 2.91. The third-order valence-electron chi connectivity index (χ3n) is 4.23. The standard InChI is InChI=1S/C20H29N3O6/c1-11(2)17(19(27)21-12(3)20(28)29-5)23-18(26)16(22-13(4)24)10-14-6-8-15(25)9-7-14/h6-9,11-12,16-17,25H,10H2,1-5H3,(H,21,27)(H,22,24)(H,23,26)/t12-,16-,17-/m0/s1. The van der Waals surface area contributed by atoms with Gasteiger partial charge in [0.05, 0.1) is 7.11 Å². The smallest absolute Gasteiger partial charge is 0.328 e. The van der Waals surface area contributed by atoms with Gasteiger partial charge in [-0.25, -0.2) is 4.79 Å². The first kappa shape index (κ1) is 23.9. The van der Waals surface area contributed by atoms with Crippen molar-refractivity contribution < 1.29 is 29.0 Å². The van der Waals surface area contributed by atoms with Crippen LogP contribution in [0.5, 0.6) is 5.75 Å². The Morgan fingerprint density at radius 2 is 1.55 bits per heavy atom. The number of phenolic OH excluding ortho intramolecular Hbond substituents is 1. The number of hydrogen-bond acceptors (Lipinski definition) is 6. The predicted octanol–water partition coefficient (Wildman–Crippen LogP) is 0.258. The van der Waals surface area contributed by atoms with E-state index in [1.54, 1.807) is 26.0 Å². The Morgan fingerprint density at radius 1 is 0.966 bits per heavy atom. The highest BCUT2D eigenvalue weighted by molar-refractivity contribution is 5.93. The van der Waals surface area contributed by atoms with E-state index in [0.717, 1.165) is 5.56 Å². The molecule has 160 valence electrons. The molecule has 0 aromatic heterocycles. The lowest BCUT2D eigenvalue weighted by molar-refractivity contribution is -0.145. The quantitative estimate of drug-likeness (QED) is 0.434. The molecule has 3 atom stereocenters. The minimum atomic E-state index is -0.913. The molecule has 0 fully saturated rings. The molecule has 29 heavy (non-hydrogen) atoms. The van der Waals surface area contributed by atoms with Gasteiger partial charge >= 0.3 is 5.97 Å². The second-order valence-electron chi connectivity index (χ2n) is 7.11. The van der Waals surface area contributed by atoms with E-state index >= 15 is 0 Å². The van der Waals surface area contributed by atoms with Crippen LogP contribution in [0.1, 0.15) is 33.3 Å². The van der Waals surface area contributed by atoms with Gasteiger partial charge in [-0.1, -0.05) is 26.0 Å². The molecular weight excluding hydrogens is 378 g/mol. The van der Waals surface area contributed by atoms with Gasteiger partial charge in [-0.3, -0.25) is 14.4 Å². The number of aromatic hydroxyl groups is 1. The van der Waals surface area contributed by atoms with Crippen molar-refractivity contribution in [3.05, 3.63) is 29.8 Å². The number of esters is 1. The average molecular weight is 407 g/mol. The second kappa shape index (κ2) is 11.0. The second-order valence-corrected chi connectivity index (χ2v) is 7.11. The summed E-state index contributed by atoms with van der Waals surface area (Å²) in [7, 11) is 1.22. The molecule has 0 unspecified atom stereocenters. The first-order valence-electron chi connectivity index (χ1n) is 9.28. The molecule has 0 bridgehead atoms. The fourth-order valence-corrected chi connectivity index (χ4v) is 2.65. The van der Waals surface area contributed by atoms with Crippen molar-refractivity contribution in [2.75, 3.05) is 7.11 Å². The van der Waals surface area contributed by atoms with Crippen LogP contribution in [0, 0.1) is 5.92 Å². The van der Waals surface area contributed by atoms with Crippen LogP contribution in [0.4, 0.5) is 0 Å². The summed E-state index contributed by atoms with van der Waals surface area (Å²) in [5.74, 6) is -2.24. The van der Waals surface area contributed by atoms with E-state index < -0.39 is 41.8 Å². The van der Waals surface area contributed by atoms with E-state index in [0.29, 0.717) is 0 Å². The van der Waals surface area contributed by atoms with Crippen LogP contribution in [0.2, 0.25) is 0 Å². The number of nitrogens with one attached hydrogen (secondary N) is 3. The maximum Gasteiger partial charge on any atom is 0.328 e. The van der Waals surface area contributed by atoms with Crippen molar-refractivity contribution in [2.45, 2.75) is 52.2 Å². The predicted molar refractivity (Wildman–Crippen MR) is 106 cm³/mol. The van der Waals surface area contributed by atoms with Gasteiger partial charge in [0.1, 0.15) is 23.9 Å². The molecule has 1 aromatic rings. The van der Waals surface area contributed by atoms with Crippen molar-refractivity contribution >= 4 is 23.7 Å². The minimum absolute atomic E-state index is 0.0885. The van der Waals surface area contributed by atoms with Crippen molar-refractivity contribution in [3.8, 4) is 5.75 Å². The molecule has 3 amide bonds. The topological polar surface area (TPSA) is 134 Å². The third kappa shape index (κ3) is 7.81. The molecule has 0 spiro atoms. The highest BCUT2D eigenvalue weighted by atomic mass is 16.5. The molecule has 1 rings (SSSR count). The summed E-state index contributed by atoms with van der Waals surface area (Å²) in [4.78, 5) is 48.4. The summed E-state index contributed by atoms with van der Waals surface area (Å²) in [6, 6.07) is 3.56. The monoisotopic (exact) mass is 407 g/mol. The van der Waals surface area contributed by atoms with Crippen LogP contribution < -0.4 is 16.0 Å². The molecule has 0 radical (unpaired) electrons. The first-order valence-corrected chi connectivity index (χ1v) is 9.28. The number of amides is 3. The van der Waals surface area contributed by atoms with Gasteiger partial charge in [-0.15, -0.1) is 0 Å². The number of methoxy groups -OCH3 is 1. The SMILES string of the molecule is COC(=O)[C@H](C)NC(=O)[C@@H](NC(=O)[C@H](Cc1ccc(O)cc1)NC(C)=O)C(C)C. The van der Waals surface area contributed by atoms with Gasteiger partial charge in [0.25, 0.3) is 0 Å². The van der Waals surface area contributed by atoms with Crippen molar-refractivity contribution in [3.63, 3.8) is 0 Å². The molecule has 1 aromatic carbocycles. The Kier molecular flexibility index (Phi) is 9.11. The number of hydrogen-bond donors (Lipinski definition) is 4. The van der Waals surface area contributed by atoms with Crippen molar-refractivity contribution in [1.29, 1.82) is 0 Å². The molecule has 9 nitrogen and oxygen atoms in total. The Morgan fingerprint density at radius 3 is 2.03 bits per heavy atom. The van der Waals surface area contributed by atoms with Gasteiger partial charge in [0.2, 0.25) is 17.7 Å². The van der Waals surface area contributed by atoms with E-state index in [2.05, 4.69) is 20.7 Å². The first-order chi connectivity index (χ1) is 13.5. The summed E-state index contributed by atoms with van der Waals surface area (Å²) >= 11 is 0. The number of benzene rings is 1. The number of carbonyl (C=O) groups excluding carboxylic acids is 4. The zero-order valence-electron chi connectivity index (χ0n) is 17.3. The van der Waals surface area contributed by atoms with Crippen LogP contribution in [0.15, 0.2) is 24.3 Å². The van der Waals surface area contributed by atoms with Gasteiger partial charge in [0.15, 0.2) is 0 Å². The van der Waals surface area contributed by atoms with E-state index in [1.165, 1.54) is 33.1 Å². The molecule has 0 saturated heterocycles. The summed E-state index contributed by atoms with van der Waals surface area (Å²) in [5, 5.41) is 17.1. The lowest BCUT2D eigenvalue weighted by Crippen LogP contribution is -2.57. The fourth-order valence-electron chi connectivity index (χ4n) is 2.65. The zero-order chi connectivity index (χ0) is 22.1. The molecule has 0 aliphatic rings. The summed E-state index contributed by atoms with van der Waals surface area (Å²) < 4.78 is 4.58. The molecule has 0 heterocycles. The maximum absolute atomic E-state index is 12.8. The zero-order valence-corrected chi connectivity index (χ0v) is 17.3. The summed E-state index contributed by atoms with van der Waals surface area (Å²) in [6.45, 7) is 6.27.